The highest BCUT2D eigenvalue weighted by Gasteiger charge is 2.13. The normalized spacial score (nSPS) is 11.3. The van der Waals surface area contributed by atoms with Gasteiger partial charge in [-0.3, -0.25) is 9.59 Å². The van der Waals surface area contributed by atoms with Crippen molar-refractivity contribution < 1.29 is 9.59 Å². The quantitative estimate of drug-likeness (QED) is 0.775. The molecule has 0 saturated heterocycles. The zero-order valence-electron chi connectivity index (χ0n) is 10.5. The number of carbonyl (C=O) groups is 2. The molecule has 0 aromatic heterocycles. The van der Waals surface area contributed by atoms with Crippen molar-refractivity contribution in [3.63, 3.8) is 0 Å². The average molecular weight is 306 g/mol. The van der Waals surface area contributed by atoms with E-state index < -0.39 is 11.9 Å². The van der Waals surface area contributed by atoms with Crippen molar-refractivity contribution in [3.05, 3.63) is 28.8 Å². The Morgan fingerprint density at radius 1 is 1.42 bits per heavy atom. The molecule has 1 aromatic rings. The maximum Gasteiger partial charge on any atom is 0.250 e. The standard InChI is InChI=1S/C12H16ClN3O2.ClH/c1-2-3-10(14)12(18)16-7-4-5-8(11(15)17)9(13)6-7;/h4-6,10H,2-3,14H2,1H3,(H2,15,17)(H,16,18);1H. The molecule has 0 bridgehead atoms. The van der Waals surface area contributed by atoms with Crippen LogP contribution in [0.4, 0.5) is 5.69 Å². The lowest BCUT2D eigenvalue weighted by Gasteiger charge is -2.11. The molecule has 1 atom stereocenters. The molecule has 0 radical (unpaired) electrons. The number of carbonyl (C=O) groups excluding carboxylic acids is 2. The van der Waals surface area contributed by atoms with Gasteiger partial charge in [-0.15, -0.1) is 12.4 Å². The van der Waals surface area contributed by atoms with E-state index in [9.17, 15) is 9.59 Å². The van der Waals surface area contributed by atoms with Gasteiger partial charge in [0.05, 0.1) is 16.6 Å². The second-order valence-electron chi connectivity index (χ2n) is 3.94. The fourth-order valence-corrected chi connectivity index (χ4v) is 1.74. The first-order chi connectivity index (χ1) is 8.45. The molecule has 106 valence electrons. The van der Waals surface area contributed by atoms with Crippen LogP contribution in [0, 0.1) is 0 Å². The summed E-state index contributed by atoms with van der Waals surface area (Å²) in [4.78, 5) is 22.6. The van der Waals surface area contributed by atoms with Gasteiger partial charge in [0, 0.05) is 5.69 Å². The minimum atomic E-state index is -0.611. The molecule has 1 aromatic carbocycles. The smallest absolute Gasteiger partial charge is 0.250 e. The first-order valence-corrected chi connectivity index (χ1v) is 5.99. The van der Waals surface area contributed by atoms with Gasteiger partial charge in [0.25, 0.3) is 0 Å². The van der Waals surface area contributed by atoms with Crippen LogP contribution in [0.1, 0.15) is 30.1 Å². The molecule has 1 rings (SSSR count). The van der Waals surface area contributed by atoms with E-state index in [0.717, 1.165) is 6.42 Å². The van der Waals surface area contributed by atoms with Crippen molar-refractivity contribution in [2.75, 3.05) is 5.32 Å². The van der Waals surface area contributed by atoms with Crippen LogP contribution in [0.3, 0.4) is 0 Å². The summed E-state index contributed by atoms with van der Waals surface area (Å²) in [5, 5.41) is 2.83. The second kappa shape index (κ2) is 7.99. The van der Waals surface area contributed by atoms with Gasteiger partial charge in [-0.05, 0) is 24.6 Å². The number of halogens is 2. The molecular formula is C12H17Cl2N3O2. The summed E-state index contributed by atoms with van der Waals surface area (Å²) in [5.41, 5.74) is 11.5. The third-order valence-corrected chi connectivity index (χ3v) is 2.75. The highest BCUT2D eigenvalue weighted by Crippen LogP contribution is 2.20. The van der Waals surface area contributed by atoms with Gasteiger partial charge in [-0.2, -0.15) is 0 Å². The summed E-state index contributed by atoms with van der Waals surface area (Å²) in [6, 6.07) is 3.94. The van der Waals surface area contributed by atoms with Crippen LogP contribution >= 0.6 is 24.0 Å². The number of anilines is 1. The number of hydrogen-bond donors (Lipinski definition) is 3. The SMILES string of the molecule is CCCC(N)C(=O)Nc1ccc(C(N)=O)c(Cl)c1.Cl. The number of primary amides is 1. The topological polar surface area (TPSA) is 98.2 Å². The predicted octanol–water partition coefficient (Wildman–Crippen LogP) is 1.93. The monoisotopic (exact) mass is 305 g/mol. The largest absolute Gasteiger partial charge is 0.366 e. The second-order valence-corrected chi connectivity index (χ2v) is 4.35. The molecule has 0 aliphatic heterocycles. The Balaban J connectivity index is 0.00000324. The Morgan fingerprint density at radius 2 is 2.05 bits per heavy atom. The van der Waals surface area contributed by atoms with E-state index in [-0.39, 0.29) is 28.9 Å². The lowest BCUT2D eigenvalue weighted by Crippen LogP contribution is -2.35. The van der Waals surface area contributed by atoms with E-state index in [1.807, 2.05) is 6.92 Å². The third-order valence-electron chi connectivity index (χ3n) is 2.44. The van der Waals surface area contributed by atoms with E-state index in [2.05, 4.69) is 5.32 Å². The Kier molecular flexibility index (Phi) is 7.44. The summed E-state index contributed by atoms with van der Waals surface area (Å²) in [6.45, 7) is 1.95. The predicted molar refractivity (Wildman–Crippen MR) is 78.7 cm³/mol. The van der Waals surface area contributed by atoms with Crippen LogP contribution in [0.2, 0.25) is 5.02 Å². The van der Waals surface area contributed by atoms with Crippen LogP contribution in [0.25, 0.3) is 0 Å². The lowest BCUT2D eigenvalue weighted by atomic mass is 10.1. The molecular weight excluding hydrogens is 289 g/mol. The molecule has 2 amide bonds. The maximum atomic E-state index is 11.7. The summed E-state index contributed by atoms with van der Waals surface area (Å²) in [5.74, 6) is -0.889. The van der Waals surface area contributed by atoms with Crippen molar-refractivity contribution in [1.29, 1.82) is 0 Å². The summed E-state index contributed by atoms with van der Waals surface area (Å²) < 4.78 is 0. The molecule has 19 heavy (non-hydrogen) atoms. The van der Waals surface area contributed by atoms with E-state index in [0.29, 0.717) is 12.1 Å². The van der Waals surface area contributed by atoms with E-state index in [1.165, 1.54) is 12.1 Å². The number of hydrogen-bond acceptors (Lipinski definition) is 3. The first-order valence-electron chi connectivity index (χ1n) is 5.61. The van der Waals surface area contributed by atoms with Crippen LogP contribution in [0.15, 0.2) is 18.2 Å². The van der Waals surface area contributed by atoms with Gasteiger partial charge in [0.15, 0.2) is 0 Å². The maximum absolute atomic E-state index is 11.7. The van der Waals surface area contributed by atoms with Crippen molar-refractivity contribution in [2.24, 2.45) is 11.5 Å². The highest BCUT2D eigenvalue weighted by molar-refractivity contribution is 6.34. The number of benzene rings is 1. The van der Waals surface area contributed by atoms with E-state index >= 15 is 0 Å². The van der Waals surface area contributed by atoms with E-state index in [4.69, 9.17) is 23.1 Å². The lowest BCUT2D eigenvalue weighted by molar-refractivity contribution is -0.117. The fourth-order valence-electron chi connectivity index (χ4n) is 1.47. The van der Waals surface area contributed by atoms with Gasteiger partial charge in [0.1, 0.15) is 0 Å². The van der Waals surface area contributed by atoms with Gasteiger partial charge >= 0.3 is 0 Å². The van der Waals surface area contributed by atoms with Crippen molar-refractivity contribution >= 4 is 41.5 Å². The molecule has 0 spiro atoms. The summed E-state index contributed by atoms with van der Waals surface area (Å²) >= 11 is 5.87. The molecule has 0 aliphatic rings. The molecule has 7 heteroatoms. The number of nitrogens with one attached hydrogen (secondary N) is 1. The number of rotatable bonds is 5. The third kappa shape index (κ3) is 5.06. The summed E-state index contributed by atoms with van der Waals surface area (Å²) in [7, 11) is 0. The van der Waals surface area contributed by atoms with Crippen molar-refractivity contribution in [3.8, 4) is 0 Å². The van der Waals surface area contributed by atoms with Crippen LogP contribution in [-0.2, 0) is 4.79 Å². The molecule has 0 fully saturated rings. The Labute approximate surface area is 123 Å². The molecule has 0 aliphatic carbocycles. The number of nitrogens with two attached hydrogens (primary N) is 2. The van der Waals surface area contributed by atoms with Crippen molar-refractivity contribution in [2.45, 2.75) is 25.8 Å². The molecule has 5 N–H and O–H groups in total. The van der Waals surface area contributed by atoms with Gasteiger partial charge < -0.3 is 16.8 Å². The summed E-state index contributed by atoms with van der Waals surface area (Å²) in [6.07, 6.45) is 1.44. The zero-order chi connectivity index (χ0) is 13.7. The molecule has 0 saturated carbocycles. The Bertz CT molecular complexity index is 466. The van der Waals surface area contributed by atoms with Crippen LogP contribution in [0.5, 0.6) is 0 Å². The van der Waals surface area contributed by atoms with Gasteiger partial charge in [-0.25, -0.2) is 0 Å². The molecule has 5 nitrogen and oxygen atoms in total. The number of amides is 2. The van der Waals surface area contributed by atoms with Crippen molar-refractivity contribution in [1.82, 2.24) is 0 Å². The fraction of sp³-hybridized carbons (Fsp3) is 0.333. The average Bonchev–Trinajstić information content (AvgIpc) is 2.28. The van der Waals surface area contributed by atoms with Crippen LogP contribution in [-0.4, -0.2) is 17.9 Å². The highest BCUT2D eigenvalue weighted by atomic mass is 35.5. The van der Waals surface area contributed by atoms with Gasteiger partial charge in [-0.1, -0.05) is 24.9 Å². The van der Waals surface area contributed by atoms with Gasteiger partial charge in [0.2, 0.25) is 11.8 Å². The van der Waals surface area contributed by atoms with E-state index in [1.54, 1.807) is 6.07 Å². The Hall–Kier alpha value is -1.30. The van der Waals surface area contributed by atoms with Crippen LogP contribution < -0.4 is 16.8 Å². The minimum Gasteiger partial charge on any atom is -0.366 e. The minimum absolute atomic E-state index is 0. The Morgan fingerprint density at radius 3 is 2.53 bits per heavy atom. The molecule has 0 heterocycles. The zero-order valence-corrected chi connectivity index (χ0v) is 12.1. The first kappa shape index (κ1) is 17.7. The molecule has 1 unspecified atom stereocenters.